The summed E-state index contributed by atoms with van der Waals surface area (Å²) in [7, 11) is 2.86. The number of hydrogen-bond donors (Lipinski definition) is 0. The molecule has 0 N–H and O–H groups in total. The molecule has 2 aromatic carbocycles. The van der Waals surface area contributed by atoms with E-state index in [-0.39, 0.29) is 19.0 Å². The molecule has 6 heteroatoms. The van der Waals surface area contributed by atoms with E-state index in [1.54, 1.807) is 43.5 Å². The topological polar surface area (TPSA) is 71.1 Å². The second-order valence-corrected chi connectivity index (χ2v) is 5.17. The quantitative estimate of drug-likeness (QED) is 0.620. The van der Waals surface area contributed by atoms with Crippen LogP contribution in [-0.2, 0) is 16.0 Å². The molecule has 0 radical (unpaired) electrons. The van der Waals surface area contributed by atoms with Gasteiger partial charge in [0.25, 0.3) is 0 Å². The third-order valence-electron chi connectivity index (χ3n) is 3.76. The van der Waals surface area contributed by atoms with Gasteiger partial charge < -0.3 is 18.9 Å². The molecule has 1 aliphatic heterocycles. The Hall–Kier alpha value is -3.02. The van der Waals surface area contributed by atoms with E-state index in [2.05, 4.69) is 0 Å². The Balaban J connectivity index is 2.00. The molecule has 24 heavy (non-hydrogen) atoms. The predicted molar refractivity (Wildman–Crippen MR) is 84.7 cm³/mol. The van der Waals surface area contributed by atoms with Crippen molar-refractivity contribution in [1.82, 2.24) is 0 Å². The van der Waals surface area contributed by atoms with Crippen molar-refractivity contribution < 1.29 is 28.5 Å². The highest BCUT2D eigenvalue weighted by atomic mass is 16.7. The molecule has 0 aliphatic carbocycles. The van der Waals surface area contributed by atoms with E-state index in [1.165, 1.54) is 7.11 Å². The smallest absolute Gasteiger partial charge is 0.310 e. The van der Waals surface area contributed by atoms with E-state index >= 15 is 0 Å². The maximum Gasteiger partial charge on any atom is 0.310 e. The minimum Gasteiger partial charge on any atom is -0.497 e. The van der Waals surface area contributed by atoms with Crippen LogP contribution in [0.5, 0.6) is 17.2 Å². The Morgan fingerprint density at radius 3 is 2.33 bits per heavy atom. The molecule has 0 atom stereocenters. The lowest BCUT2D eigenvalue weighted by Gasteiger charge is -2.10. The molecule has 124 valence electrons. The maximum absolute atomic E-state index is 12.8. The summed E-state index contributed by atoms with van der Waals surface area (Å²) >= 11 is 0. The number of benzene rings is 2. The lowest BCUT2D eigenvalue weighted by Crippen LogP contribution is -2.11. The first kappa shape index (κ1) is 15.9. The Morgan fingerprint density at radius 1 is 1.04 bits per heavy atom. The number of carbonyl (C=O) groups is 2. The first-order valence-electron chi connectivity index (χ1n) is 7.30. The highest BCUT2D eigenvalue weighted by Crippen LogP contribution is 2.36. The minimum atomic E-state index is -0.433. The van der Waals surface area contributed by atoms with E-state index in [0.717, 1.165) is 0 Å². The summed E-state index contributed by atoms with van der Waals surface area (Å²) in [5.74, 6) is 1.01. The van der Waals surface area contributed by atoms with Crippen LogP contribution in [0.15, 0.2) is 36.4 Å². The third kappa shape index (κ3) is 3.03. The molecular formula is C18H16O6. The Morgan fingerprint density at radius 2 is 1.71 bits per heavy atom. The van der Waals surface area contributed by atoms with E-state index in [9.17, 15) is 9.59 Å². The summed E-state index contributed by atoms with van der Waals surface area (Å²) in [6.07, 6.45) is -0.0234. The van der Waals surface area contributed by atoms with Crippen molar-refractivity contribution in [3.05, 3.63) is 53.1 Å². The monoisotopic (exact) mass is 328 g/mol. The van der Waals surface area contributed by atoms with Gasteiger partial charge in [0, 0.05) is 11.1 Å². The molecular weight excluding hydrogens is 312 g/mol. The number of fused-ring (bicyclic) bond motifs is 1. The molecule has 0 amide bonds. The van der Waals surface area contributed by atoms with Gasteiger partial charge in [-0.1, -0.05) is 0 Å². The summed E-state index contributed by atoms with van der Waals surface area (Å²) in [6.45, 7) is 0.0905. The highest BCUT2D eigenvalue weighted by Gasteiger charge is 2.23. The normalized spacial score (nSPS) is 11.9. The van der Waals surface area contributed by atoms with Crippen molar-refractivity contribution in [3.63, 3.8) is 0 Å². The Kier molecular flexibility index (Phi) is 4.37. The highest BCUT2D eigenvalue weighted by molar-refractivity contribution is 6.10. The van der Waals surface area contributed by atoms with Crippen LogP contribution in [-0.4, -0.2) is 32.8 Å². The summed E-state index contributed by atoms with van der Waals surface area (Å²) < 4.78 is 20.5. The standard InChI is InChI=1S/C18H16O6/c1-21-13-5-3-11(4-6-13)18(20)14-9-16-15(23-10-24-16)7-12(14)8-17(19)22-2/h3-7,9H,8,10H2,1-2H3. The fourth-order valence-electron chi connectivity index (χ4n) is 2.47. The first-order chi connectivity index (χ1) is 11.6. The molecule has 1 heterocycles. The fraction of sp³-hybridized carbons (Fsp3) is 0.222. The molecule has 2 aromatic rings. The third-order valence-corrected chi connectivity index (χ3v) is 3.76. The van der Waals surface area contributed by atoms with Crippen LogP contribution in [0.4, 0.5) is 0 Å². The number of hydrogen-bond acceptors (Lipinski definition) is 6. The summed E-state index contributed by atoms with van der Waals surface area (Å²) in [4.78, 5) is 24.5. The van der Waals surface area contributed by atoms with Gasteiger partial charge >= 0.3 is 5.97 Å². The molecule has 0 aromatic heterocycles. The van der Waals surface area contributed by atoms with E-state index in [0.29, 0.717) is 33.9 Å². The van der Waals surface area contributed by atoms with Gasteiger partial charge in [0.15, 0.2) is 17.3 Å². The van der Waals surface area contributed by atoms with Gasteiger partial charge in [-0.15, -0.1) is 0 Å². The number of esters is 1. The first-order valence-corrected chi connectivity index (χ1v) is 7.30. The molecule has 6 nitrogen and oxygen atoms in total. The van der Waals surface area contributed by atoms with Crippen LogP contribution in [0.1, 0.15) is 21.5 Å². The largest absolute Gasteiger partial charge is 0.497 e. The van der Waals surface area contributed by atoms with Crippen LogP contribution < -0.4 is 14.2 Å². The van der Waals surface area contributed by atoms with Crippen molar-refractivity contribution in [2.45, 2.75) is 6.42 Å². The van der Waals surface area contributed by atoms with Crippen molar-refractivity contribution in [3.8, 4) is 17.2 Å². The van der Waals surface area contributed by atoms with Crippen LogP contribution in [0, 0.1) is 0 Å². The molecule has 3 rings (SSSR count). The number of rotatable bonds is 5. The summed E-state index contributed by atoms with van der Waals surface area (Å²) in [5.41, 5.74) is 1.41. The molecule has 0 saturated heterocycles. The van der Waals surface area contributed by atoms with Gasteiger partial charge in [0.2, 0.25) is 6.79 Å². The van der Waals surface area contributed by atoms with Gasteiger partial charge in [0.05, 0.1) is 20.6 Å². The van der Waals surface area contributed by atoms with Crippen molar-refractivity contribution in [2.24, 2.45) is 0 Å². The average molecular weight is 328 g/mol. The Labute approximate surface area is 138 Å². The predicted octanol–water partition coefficient (Wildman–Crippen LogP) is 2.37. The second kappa shape index (κ2) is 6.62. The van der Waals surface area contributed by atoms with Gasteiger partial charge in [0.1, 0.15) is 5.75 Å². The molecule has 0 unspecified atom stereocenters. The van der Waals surface area contributed by atoms with Crippen LogP contribution in [0.3, 0.4) is 0 Å². The molecule has 0 bridgehead atoms. The van der Waals surface area contributed by atoms with Gasteiger partial charge in [-0.05, 0) is 42.0 Å². The fourth-order valence-corrected chi connectivity index (χ4v) is 2.47. The summed E-state index contributed by atoms with van der Waals surface area (Å²) in [6, 6.07) is 10.0. The van der Waals surface area contributed by atoms with Gasteiger partial charge in [-0.2, -0.15) is 0 Å². The Bertz CT molecular complexity index is 779. The van der Waals surface area contributed by atoms with E-state index < -0.39 is 5.97 Å². The van der Waals surface area contributed by atoms with Crippen LogP contribution in [0.2, 0.25) is 0 Å². The molecule has 0 fully saturated rings. The van der Waals surface area contributed by atoms with Crippen molar-refractivity contribution >= 4 is 11.8 Å². The van der Waals surface area contributed by atoms with Crippen LogP contribution in [0.25, 0.3) is 0 Å². The van der Waals surface area contributed by atoms with Gasteiger partial charge in [-0.25, -0.2) is 0 Å². The SMILES string of the molecule is COC(=O)Cc1cc2c(cc1C(=O)c1ccc(OC)cc1)OCO2. The number of methoxy groups -OCH3 is 2. The zero-order valence-corrected chi connectivity index (χ0v) is 13.3. The average Bonchev–Trinajstić information content (AvgIpc) is 3.07. The second-order valence-electron chi connectivity index (χ2n) is 5.17. The zero-order chi connectivity index (χ0) is 17.1. The van der Waals surface area contributed by atoms with Crippen molar-refractivity contribution in [1.29, 1.82) is 0 Å². The number of carbonyl (C=O) groups excluding carboxylic acids is 2. The van der Waals surface area contributed by atoms with E-state index in [1.807, 2.05) is 0 Å². The number of ketones is 1. The minimum absolute atomic E-state index is 0.0234. The maximum atomic E-state index is 12.8. The summed E-state index contributed by atoms with van der Waals surface area (Å²) in [5, 5.41) is 0. The molecule has 0 saturated carbocycles. The molecule has 1 aliphatic rings. The van der Waals surface area contributed by atoms with E-state index in [4.69, 9.17) is 18.9 Å². The lowest BCUT2D eigenvalue weighted by molar-refractivity contribution is -0.139. The lowest BCUT2D eigenvalue weighted by atomic mass is 9.96. The zero-order valence-electron chi connectivity index (χ0n) is 13.3. The van der Waals surface area contributed by atoms with Gasteiger partial charge in [-0.3, -0.25) is 9.59 Å². The van der Waals surface area contributed by atoms with Crippen molar-refractivity contribution in [2.75, 3.05) is 21.0 Å². The number of ether oxygens (including phenoxy) is 4. The van der Waals surface area contributed by atoms with Crippen LogP contribution >= 0.6 is 0 Å². The molecule has 0 spiro atoms.